The Hall–Kier alpha value is -1.67. The zero-order valence-corrected chi connectivity index (χ0v) is 13.4. The van der Waals surface area contributed by atoms with Gasteiger partial charge in [0.25, 0.3) is 0 Å². The number of hydrogen-bond donors (Lipinski definition) is 1. The van der Waals surface area contributed by atoms with Gasteiger partial charge in [-0.25, -0.2) is 0 Å². The summed E-state index contributed by atoms with van der Waals surface area (Å²) in [5.41, 5.74) is 8.65. The number of aryl methyl sites for hydroxylation is 1. The van der Waals surface area contributed by atoms with E-state index in [9.17, 15) is 0 Å². The SMILES string of the molecule is CCN(Cc1cccc(C)n1)Cc1cc(C#CCN)cs1. The smallest absolute Gasteiger partial charge is 0.0555 e. The predicted molar refractivity (Wildman–Crippen MR) is 89.0 cm³/mol. The van der Waals surface area contributed by atoms with Gasteiger partial charge in [0.1, 0.15) is 0 Å². The molecule has 0 aliphatic rings. The normalized spacial score (nSPS) is 10.5. The summed E-state index contributed by atoms with van der Waals surface area (Å²) in [5, 5.41) is 2.09. The quantitative estimate of drug-likeness (QED) is 0.863. The molecule has 0 aromatic carbocycles. The Kier molecular flexibility index (Phi) is 5.94. The molecule has 2 rings (SSSR count). The third kappa shape index (κ3) is 4.98. The van der Waals surface area contributed by atoms with Gasteiger partial charge in [0.2, 0.25) is 0 Å². The van der Waals surface area contributed by atoms with Crippen LogP contribution < -0.4 is 5.73 Å². The van der Waals surface area contributed by atoms with E-state index in [4.69, 9.17) is 5.73 Å². The second-order valence-corrected chi connectivity index (χ2v) is 5.88. The first kappa shape index (κ1) is 15.7. The largest absolute Gasteiger partial charge is 0.320 e. The lowest BCUT2D eigenvalue weighted by Gasteiger charge is -2.19. The fraction of sp³-hybridized carbons (Fsp3) is 0.353. The number of thiophene rings is 1. The van der Waals surface area contributed by atoms with Gasteiger partial charge in [0, 0.05) is 34.6 Å². The summed E-state index contributed by atoms with van der Waals surface area (Å²) >= 11 is 1.75. The summed E-state index contributed by atoms with van der Waals surface area (Å²) < 4.78 is 0. The molecule has 2 heterocycles. The Labute approximate surface area is 130 Å². The zero-order chi connectivity index (χ0) is 15.1. The molecule has 0 atom stereocenters. The molecule has 2 N–H and O–H groups in total. The zero-order valence-electron chi connectivity index (χ0n) is 12.6. The molecule has 0 saturated carbocycles. The minimum atomic E-state index is 0.408. The van der Waals surface area contributed by atoms with Gasteiger partial charge in [0.05, 0.1) is 12.2 Å². The first-order valence-corrected chi connectivity index (χ1v) is 8.00. The number of aromatic nitrogens is 1. The van der Waals surface area contributed by atoms with E-state index in [0.717, 1.165) is 36.6 Å². The lowest BCUT2D eigenvalue weighted by molar-refractivity contribution is 0.270. The van der Waals surface area contributed by atoms with Gasteiger partial charge in [-0.05, 0) is 31.7 Å². The highest BCUT2D eigenvalue weighted by molar-refractivity contribution is 7.10. The maximum Gasteiger partial charge on any atom is 0.0555 e. The predicted octanol–water partition coefficient (Wildman–Crippen LogP) is 2.78. The summed E-state index contributed by atoms with van der Waals surface area (Å²) in [6.45, 7) is 7.42. The lowest BCUT2D eigenvalue weighted by atomic mass is 10.2. The van der Waals surface area contributed by atoms with Gasteiger partial charge >= 0.3 is 0 Å². The monoisotopic (exact) mass is 299 g/mol. The van der Waals surface area contributed by atoms with Crippen molar-refractivity contribution in [3.8, 4) is 11.8 Å². The minimum Gasteiger partial charge on any atom is -0.320 e. The van der Waals surface area contributed by atoms with Crippen LogP contribution in [0.3, 0.4) is 0 Å². The first-order valence-electron chi connectivity index (χ1n) is 7.12. The van der Waals surface area contributed by atoms with E-state index >= 15 is 0 Å². The summed E-state index contributed by atoms with van der Waals surface area (Å²) in [5.74, 6) is 5.97. The molecule has 0 unspecified atom stereocenters. The van der Waals surface area contributed by atoms with Gasteiger partial charge in [0.15, 0.2) is 0 Å². The van der Waals surface area contributed by atoms with Crippen molar-refractivity contribution in [2.45, 2.75) is 26.9 Å². The summed E-state index contributed by atoms with van der Waals surface area (Å²) in [7, 11) is 0. The van der Waals surface area contributed by atoms with Crippen molar-refractivity contribution in [2.75, 3.05) is 13.1 Å². The number of rotatable bonds is 5. The third-order valence-electron chi connectivity index (χ3n) is 3.15. The van der Waals surface area contributed by atoms with Gasteiger partial charge in [-0.3, -0.25) is 9.88 Å². The Morgan fingerprint density at radius 3 is 2.90 bits per heavy atom. The average Bonchev–Trinajstić information content (AvgIpc) is 2.92. The van der Waals surface area contributed by atoms with Crippen LogP contribution in [0.1, 0.15) is 28.8 Å². The molecular formula is C17H21N3S. The molecule has 0 aliphatic heterocycles. The molecule has 0 radical (unpaired) electrons. The minimum absolute atomic E-state index is 0.408. The molecule has 21 heavy (non-hydrogen) atoms. The van der Waals surface area contributed by atoms with E-state index in [1.54, 1.807) is 11.3 Å². The van der Waals surface area contributed by atoms with E-state index in [1.165, 1.54) is 4.88 Å². The molecule has 0 fully saturated rings. The van der Waals surface area contributed by atoms with E-state index in [2.05, 4.69) is 52.2 Å². The van der Waals surface area contributed by atoms with Crippen molar-refractivity contribution in [3.05, 3.63) is 51.5 Å². The highest BCUT2D eigenvalue weighted by Gasteiger charge is 2.07. The maximum absolute atomic E-state index is 5.40. The topological polar surface area (TPSA) is 42.2 Å². The van der Waals surface area contributed by atoms with Crippen molar-refractivity contribution in [1.29, 1.82) is 0 Å². The van der Waals surface area contributed by atoms with Crippen LogP contribution in [0.4, 0.5) is 0 Å². The van der Waals surface area contributed by atoms with E-state index < -0.39 is 0 Å². The second-order valence-electron chi connectivity index (χ2n) is 4.88. The molecule has 4 heteroatoms. The van der Waals surface area contributed by atoms with Crippen LogP contribution in [0.2, 0.25) is 0 Å². The van der Waals surface area contributed by atoms with Crippen LogP contribution in [0.5, 0.6) is 0 Å². The Morgan fingerprint density at radius 1 is 1.33 bits per heavy atom. The summed E-state index contributed by atoms with van der Waals surface area (Å²) in [6.07, 6.45) is 0. The molecule has 0 bridgehead atoms. The maximum atomic E-state index is 5.40. The standard InChI is InChI=1S/C17H21N3S/c1-3-20(11-16-8-4-6-14(2)19-16)12-17-10-15(13-21-17)7-5-9-18/h4,6,8,10,13H,3,9,11-12,18H2,1-2H3. The van der Waals surface area contributed by atoms with E-state index in [1.807, 2.05) is 13.0 Å². The molecule has 0 aliphatic carbocycles. The number of hydrogen-bond acceptors (Lipinski definition) is 4. The van der Waals surface area contributed by atoms with Crippen LogP contribution in [-0.2, 0) is 13.1 Å². The number of nitrogens with zero attached hydrogens (tertiary/aromatic N) is 2. The van der Waals surface area contributed by atoms with Crippen LogP contribution in [-0.4, -0.2) is 23.0 Å². The van der Waals surface area contributed by atoms with Gasteiger partial charge in [-0.1, -0.05) is 24.8 Å². The fourth-order valence-electron chi connectivity index (χ4n) is 2.10. The van der Waals surface area contributed by atoms with Crippen molar-refractivity contribution < 1.29 is 0 Å². The molecular weight excluding hydrogens is 278 g/mol. The van der Waals surface area contributed by atoms with E-state index in [-0.39, 0.29) is 0 Å². The molecule has 0 amide bonds. The number of nitrogens with two attached hydrogens (primary N) is 1. The highest BCUT2D eigenvalue weighted by atomic mass is 32.1. The Bertz CT molecular complexity index is 637. The summed E-state index contributed by atoms with van der Waals surface area (Å²) in [6, 6.07) is 8.33. The molecule has 0 spiro atoms. The number of pyridine rings is 1. The molecule has 2 aromatic rings. The van der Waals surface area contributed by atoms with E-state index in [0.29, 0.717) is 6.54 Å². The highest BCUT2D eigenvalue weighted by Crippen LogP contribution is 2.17. The second kappa shape index (κ2) is 7.94. The third-order valence-corrected chi connectivity index (χ3v) is 4.07. The lowest BCUT2D eigenvalue weighted by Crippen LogP contribution is -2.22. The van der Waals surface area contributed by atoms with Crippen LogP contribution in [0.15, 0.2) is 29.6 Å². The molecule has 3 nitrogen and oxygen atoms in total. The van der Waals surface area contributed by atoms with Crippen molar-refractivity contribution in [1.82, 2.24) is 9.88 Å². The summed E-state index contributed by atoms with van der Waals surface area (Å²) in [4.78, 5) is 8.28. The van der Waals surface area contributed by atoms with Gasteiger partial charge < -0.3 is 5.73 Å². The first-order chi connectivity index (χ1) is 10.2. The fourth-order valence-corrected chi connectivity index (χ4v) is 2.96. The van der Waals surface area contributed by atoms with Crippen molar-refractivity contribution in [3.63, 3.8) is 0 Å². The van der Waals surface area contributed by atoms with Gasteiger partial charge in [-0.2, -0.15) is 0 Å². The van der Waals surface area contributed by atoms with Crippen LogP contribution in [0.25, 0.3) is 0 Å². The van der Waals surface area contributed by atoms with Crippen LogP contribution >= 0.6 is 11.3 Å². The Balaban J connectivity index is 2.00. The van der Waals surface area contributed by atoms with Crippen molar-refractivity contribution in [2.24, 2.45) is 5.73 Å². The van der Waals surface area contributed by atoms with Gasteiger partial charge in [-0.15, -0.1) is 11.3 Å². The average molecular weight is 299 g/mol. The Morgan fingerprint density at radius 2 is 2.19 bits per heavy atom. The molecule has 2 aromatic heterocycles. The molecule has 0 saturated heterocycles. The van der Waals surface area contributed by atoms with Crippen molar-refractivity contribution >= 4 is 11.3 Å². The molecule has 110 valence electrons. The van der Waals surface area contributed by atoms with Crippen LogP contribution in [0, 0.1) is 18.8 Å².